The summed E-state index contributed by atoms with van der Waals surface area (Å²) in [5, 5.41) is 22.9. The molecule has 3 heterocycles. The molecule has 0 bridgehead atoms. The standard InChI is InChI=1S/C22H24N6O3/c1-13-17(5-3-6-18(13)29)27-12-14-9-15(19(31-2)10-16(14)26-27)22(30)25-21-11-23-20-7-4-8-24-28(20)21/h4,7-13,17-18,29H,3,5-6H2,1-2H3,(H,25,30)/t13-,17+,18+/m0/s1. The summed E-state index contributed by atoms with van der Waals surface area (Å²) in [6.45, 7) is 2.06. The van der Waals surface area contributed by atoms with E-state index < -0.39 is 0 Å². The number of ether oxygens (including phenoxy) is 1. The molecule has 1 aliphatic carbocycles. The molecule has 9 nitrogen and oxygen atoms in total. The molecule has 9 heteroatoms. The van der Waals surface area contributed by atoms with Gasteiger partial charge < -0.3 is 15.2 Å². The second-order valence-corrected chi connectivity index (χ2v) is 8.04. The van der Waals surface area contributed by atoms with Crippen molar-refractivity contribution in [1.82, 2.24) is 24.4 Å². The van der Waals surface area contributed by atoms with Gasteiger partial charge in [-0.25, -0.2) is 4.98 Å². The molecule has 1 saturated carbocycles. The Morgan fingerprint density at radius 3 is 3.03 bits per heavy atom. The Kier molecular flexibility index (Phi) is 4.82. The Morgan fingerprint density at radius 2 is 2.19 bits per heavy atom. The summed E-state index contributed by atoms with van der Waals surface area (Å²) in [7, 11) is 1.53. The SMILES string of the molecule is COc1cc2nn([C@@H]3CCC[C@@H](O)[C@H]3C)cc2cc1C(=O)Nc1cnc2cccnn12. The third-order valence-electron chi connectivity index (χ3n) is 6.16. The number of aromatic nitrogens is 5. The first-order chi connectivity index (χ1) is 15.0. The van der Waals surface area contributed by atoms with Gasteiger partial charge in [0.15, 0.2) is 11.5 Å². The lowest BCUT2D eigenvalue weighted by molar-refractivity contribution is 0.0430. The van der Waals surface area contributed by atoms with Crippen molar-refractivity contribution >= 4 is 28.3 Å². The van der Waals surface area contributed by atoms with Crippen LogP contribution in [0.3, 0.4) is 0 Å². The van der Waals surface area contributed by atoms with Crippen molar-refractivity contribution in [1.29, 1.82) is 0 Å². The monoisotopic (exact) mass is 420 g/mol. The van der Waals surface area contributed by atoms with Gasteiger partial charge in [-0.05, 0) is 37.5 Å². The molecule has 5 rings (SSSR count). The number of imidazole rings is 1. The predicted molar refractivity (Wildman–Crippen MR) is 115 cm³/mol. The topological polar surface area (TPSA) is 107 Å². The predicted octanol–water partition coefficient (Wildman–Crippen LogP) is 3.06. The first kappa shape index (κ1) is 19.5. The van der Waals surface area contributed by atoms with Crippen LogP contribution in [0.5, 0.6) is 5.75 Å². The third kappa shape index (κ3) is 3.40. The number of aliphatic hydroxyl groups is 1. The van der Waals surface area contributed by atoms with Gasteiger partial charge in [0.1, 0.15) is 5.75 Å². The van der Waals surface area contributed by atoms with Crippen LogP contribution in [0.1, 0.15) is 42.6 Å². The molecule has 0 spiro atoms. The van der Waals surface area contributed by atoms with Crippen LogP contribution < -0.4 is 10.1 Å². The number of carbonyl (C=O) groups is 1. The number of amides is 1. The van der Waals surface area contributed by atoms with E-state index in [1.807, 2.05) is 16.9 Å². The van der Waals surface area contributed by atoms with Crippen molar-refractivity contribution in [3.05, 3.63) is 48.4 Å². The van der Waals surface area contributed by atoms with Crippen molar-refractivity contribution < 1.29 is 14.6 Å². The fourth-order valence-electron chi connectivity index (χ4n) is 4.38. The van der Waals surface area contributed by atoms with Crippen molar-refractivity contribution in [3.63, 3.8) is 0 Å². The van der Waals surface area contributed by atoms with Crippen molar-refractivity contribution in [2.75, 3.05) is 12.4 Å². The van der Waals surface area contributed by atoms with Crippen molar-refractivity contribution in [2.45, 2.75) is 38.3 Å². The van der Waals surface area contributed by atoms with Crippen LogP contribution >= 0.6 is 0 Å². The highest BCUT2D eigenvalue weighted by atomic mass is 16.5. The molecule has 0 radical (unpaired) electrons. The number of hydrogen-bond acceptors (Lipinski definition) is 6. The smallest absolute Gasteiger partial charge is 0.260 e. The van der Waals surface area contributed by atoms with Gasteiger partial charge in [0.05, 0.1) is 36.5 Å². The summed E-state index contributed by atoms with van der Waals surface area (Å²) in [4.78, 5) is 17.3. The second kappa shape index (κ2) is 7.66. The van der Waals surface area contributed by atoms with Crippen molar-refractivity contribution in [2.24, 2.45) is 5.92 Å². The van der Waals surface area contributed by atoms with Crippen LogP contribution in [-0.2, 0) is 0 Å². The molecule has 0 unspecified atom stereocenters. The van der Waals surface area contributed by atoms with Crippen LogP contribution in [0.4, 0.5) is 5.82 Å². The molecule has 3 aromatic heterocycles. The van der Waals surface area contributed by atoms with Gasteiger partial charge in [-0.3, -0.25) is 9.48 Å². The number of hydrogen-bond donors (Lipinski definition) is 2. The summed E-state index contributed by atoms with van der Waals surface area (Å²) >= 11 is 0. The number of nitrogens with zero attached hydrogens (tertiary/aromatic N) is 5. The highest BCUT2D eigenvalue weighted by Crippen LogP contribution is 2.35. The highest BCUT2D eigenvalue weighted by molar-refractivity contribution is 6.08. The van der Waals surface area contributed by atoms with Gasteiger partial charge in [-0.2, -0.15) is 14.7 Å². The number of fused-ring (bicyclic) bond motifs is 2. The number of benzene rings is 1. The lowest BCUT2D eigenvalue weighted by atomic mass is 9.83. The average molecular weight is 420 g/mol. The molecule has 1 aliphatic rings. The van der Waals surface area contributed by atoms with Crippen LogP contribution in [0.15, 0.2) is 42.9 Å². The van der Waals surface area contributed by atoms with Crippen molar-refractivity contribution in [3.8, 4) is 5.75 Å². The largest absolute Gasteiger partial charge is 0.496 e. The fraction of sp³-hybridized carbons (Fsp3) is 0.364. The molecule has 31 heavy (non-hydrogen) atoms. The Bertz CT molecular complexity index is 1260. The Morgan fingerprint density at radius 1 is 1.32 bits per heavy atom. The van der Waals surface area contributed by atoms with E-state index in [4.69, 9.17) is 9.84 Å². The zero-order chi connectivity index (χ0) is 21.5. The summed E-state index contributed by atoms with van der Waals surface area (Å²) in [5.74, 6) is 0.716. The van der Waals surface area contributed by atoms with E-state index >= 15 is 0 Å². The Labute approximate surface area is 178 Å². The minimum Gasteiger partial charge on any atom is -0.496 e. The van der Waals surface area contributed by atoms with E-state index in [-0.39, 0.29) is 24.0 Å². The Hall–Kier alpha value is -3.46. The van der Waals surface area contributed by atoms with Gasteiger partial charge in [-0.15, -0.1) is 0 Å². The number of carbonyl (C=O) groups excluding carboxylic acids is 1. The maximum Gasteiger partial charge on any atom is 0.260 e. The van der Waals surface area contributed by atoms with Gasteiger partial charge in [-0.1, -0.05) is 6.92 Å². The van der Waals surface area contributed by atoms with E-state index in [1.165, 1.54) is 7.11 Å². The van der Waals surface area contributed by atoms with E-state index in [9.17, 15) is 9.90 Å². The normalized spacial score (nSPS) is 21.5. The first-order valence-electron chi connectivity index (χ1n) is 10.4. The zero-order valence-electron chi connectivity index (χ0n) is 17.4. The molecule has 0 saturated heterocycles. The molecule has 2 N–H and O–H groups in total. The van der Waals surface area contributed by atoms with Crippen LogP contribution in [0, 0.1) is 5.92 Å². The average Bonchev–Trinajstić information content (AvgIpc) is 3.38. The molecule has 4 aromatic rings. The molecular weight excluding hydrogens is 396 g/mol. The summed E-state index contributed by atoms with van der Waals surface area (Å²) < 4.78 is 8.98. The zero-order valence-corrected chi connectivity index (χ0v) is 17.4. The highest BCUT2D eigenvalue weighted by Gasteiger charge is 2.30. The maximum absolute atomic E-state index is 13.1. The van der Waals surface area contributed by atoms with Crippen LogP contribution in [-0.4, -0.2) is 48.6 Å². The molecule has 1 amide bonds. The van der Waals surface area contributed by atoms with Gasteiger partial charge >= 0.3 is 0 Å². The summed E-state index contributed by atoms with van der Waals surface area (Å²) in [6, 6.07) is 7.29. The lowest BCUT2D eigenvalue weighted by Crippen LogP contribution is -2.32. The molecule has 160 valence electrons. The third-order valence-corrected chi connectivity index (χ3v) is 6.16. The van der Waals surface area contributed by atoms with Crippen LogP contribution in [0.25, 0.3) is 16.6 Å². The first-order valence-corrected chi connectivity index (χ1v) is 10.4. The number of rotatable bonds is 4. The molecule has 1 aromatic carbocycles. The maximum atomic E-state index is 13.1. The number of aliphatic hydroxyl groups excluding tert-OH is 1. The number of methoxy groups -OCH3 is 1. The molecular formula is C22H24N6O3. The van der Waals surface area contributed by atoms with E-state index in [0.717, 1.165) is 30.2 Å². The molecule has 0 aliphatic heterocycles. The van der Waals surface area contributed by atoms with E-state index in [0.29, 0.717) is 22.8 Å². The fourth-order valence-corrected chi connectivity index (χ4v) is 4.38. The summed E-state index contributed by atoms with van der Waals surface area (Å²) in [6.07, 6.45) is 7.60. The summed E-state index contributed by atoms with van der Waals surface area (Å²) in [5.41, 5.74) is 1.79. The van der Waals surface area contributed by atoms with E-state index in [1.54, 1.807) is 35.1 Å². The van der Waals surface area contributed by atoms with Gasteiger partial charge in [0.25, 0.3) is 5.91 Å². The second-order valence-electron chi connectivity index (χ2n) is 8.04. The quantitative estimate of drug-likeness (QED) is 0.526. The van der Waals surface area contributed by atoms with Gasteiger partial charge in [0.2, 0.25) is 0 Å². The minimum atomic E-state index is -0.319. The lowest BCUT2D eigenvalue weighted by Gasteiger charge is -2.33. The number of nitrogens with one attached hydrogen (secondary N) is 1. The molecule has 1 fully saturated rings. The number of anilines is 1. The van der Waals surface area contributed by atoms with E-state index in [2.05, 4.69) is 22.3 Å². The van der Waals surface area contributed by atoms with Gasteiger partial charge in [0, 0.05) is 29.8 Å². The minimum absolute atomic E-state index is 0.121. The molecule has 3 atom stereocenters. The van der Waals surface area contributed by atoms with Crippen LogP contribution in [0.2, 0.25) is 0 Å². The Balaban J connectivity index is 1.48.